The monoisotopic (exact) mass is 199 g/mol. The van der Waals surface area contributed by atoms with Gasteiger partial charge in [0, 0.05) is 12.6 Å². The number of nitrogens with zero attached hydrogens (tertiary/aromatic N) is 1. The number of halogens is 2. The average Bonchev–Trinajstić information content (AvgIpc) is 2.09. The van der Waals surface area contributed by atoms with Crippen molar-refractivity contribution in [2.75, 3.05) is 6.61 Å². The highest BCUT2D eigenvalue weighted by Crippen LogP contribution is 2.10. The molecule has 0 aliphatic carbocycles. The molecule has 1 N–H and O–H groups in total. The van der Waals surface area contributed by atoms with Crippen molar-refractivity contribution in [1.82, 2.24) is 4.98 Å². The molecule has 4 heteroatoms. The summed E-state index contributed by atoms with van der Waals surface area (Å²) in [6, 6.07) is 1.15. The Balaban J connectivity index is 2.85. The van der Waals surface area contributed by atoms with Crippen molar-refractivity contribution in [3.05, 3.63) is 28.8 Å². The molecule has 0 aromatic carbocycles. The molecular weight excluding hydrogens is 193 g/mol. The molecule has 13 heavy (non-hydrogen) atoms. The van der Waals surface area contributed by atoms with Crippen LogP contribution < -0.4 is 0 Å². The topological polar surface area (TPSA) is 33.1 Å². The molecule has 1 rings (SSSR count). The first kappa shape index (κ1) is 9.97. The molecule has 68 valence electrons. The van der Waals surface area contributed by atoms with Crippen LogP contribution >= 0.6 is 11.6 Å². The summed E-state index contributed by atoms with van der Waals surface area (Å²) in [6.07, 6.45) is 1.64. The minimum Gasteiger partial charge on any atom is -0.395 e. The van der Waals surface area contributed by atoms with Crippen LogP contribution in [0.3, 0.4) is 0 Å². The van der Waals surface area contributed by atoms with Crippen LogP contribution in [-0.2, 0) is 0 Å². The first-order chi connectivity index (χ1) is 6.24. The first-order valence-corrected chi connectivity index (χ1v) is 4.02. The molecule has 1 heterocycles. The molecule has 0 aliphatic rings. The maximum absolute atomic E-state index is 13.0. The van der Waals surface area contributed by atoms with Crippen molar-refractivity contribution in [3.63, 3.8) is 0 Å². The highest BCUT2D eigenvalue weighted by atomic mass is 35.5. The summed E-state index contributed by atoms with van der Waals surface area (Å²) in [7, 11) is 0. The summed E-state index contributed by atoms with van der Waals surface area (Å²) in [5, 5.41) is 8.66. The third-order valence-electron chi connectivity index (χ3n) is 1.25. The molecule has 0 spiro atoms. The number of hydrogen-bond donors (Lipinski definition) is 1. The lowest BCUT2D eigenvalue weighted by Crippen LogP contribution is -1.88. The fourth-order valence-corrected chi connectivity index (χ4v) is 0.853. The predicted octanol–water partition coefficient (Wildman–Crippen LogP) is 1.61. The van der Waals surface area contributed by atoms with Crippen LogP contribution in [0.1, 0.15) is 12.1 Å². The first-order valence-electron chi connectivity index (χ1n) is 3.65. The van der Waals surface area contributed by atoms with Crippen molar-refractivity contribution in [3.8, 4) is 11.8 Å². The summed E-state index contributed by atoms with van der Waals surface area (Å²) in [6.45, 7) is -0.0395. The Bertz CT molecular complexity index is 356. The molecule has 0 fully saturated rings. The van der Waals surface area contributed by atoms with Gasteiger partial charge in [0.05, 0.1) is 11.6 Å². The predicted molar refractivity (Wildman–Crippen MR) is 47.8 cm³/mol. The molecule has 0 aliphatic heterocycles. The van der Waals surface area contributed by atoms with Gasteiger partial charge in [-0.15, -0.1) is 0 Å². The number of pyridine rings is 1. The number of aliphatic hydroxyl groups is 1. The normalized spacial score (nSPS) is 9.15. The maximum Gasteiger partial charge on any atom is 0.158 e. The van der Waals surface area contributed by atoms with Gasteiger partial charge < -0.3 is 5.11 Å². The molecule has 0 bridgehead atoms. The van der Waals surface area contributed by atoms with E-state index in [1.54, 1.807) is 0 Å². The Morgan fingerprint density at radius 2 is 2.38 bits per heavy atom. The van der Waals surface area contributed by atoms with Gasteiger partial charge in [0.1, 0.15) is 5.69 Å². The van der Waals surface area contributed by atoms with Crippen molar-refractivity contribution in [2.24, 2.45) is 0 Å². The third kappa shape index (κ3) is 3.02. The summed E-state index contributed by atoms with van der Waals surface area (Å²) in [5.74, 6) is 4.51. The molecule has 0 saturated carbocycles. The van der Waals surface area contributed by atoms with Crippen LogP contribution in [0.25, 0.3) is 0 Å². The largest absolute Gasteiger partial charge is 0.395 e. The highest BCUT2D eigenvalue weighted by Gasteiger charge is 2.00. The zero-order valence-electron chi connectivity index (χ0n) is 6.72. The third-order valence-corrected chi connectivity index (χ3v) is 1.46. The number of rotatable bonds is 1. The van der Waals surface area contributed by atoms with Gasteiger partial charge in [-0.2, -0.15) is 0 Å². The SMILES string of the molecule is OCCC#Cc1ncc(Cl)cc1F. The van der Waals surface area contributed by atoms with E-state index in [2.05, 4.69) is 16.8 Å². The molecule has 0 radical (unpaired) electrons. The van der Waals surface area contributed by atoms with Gasteiger partial charge in [0.25, 0.3) is 0 Å². The summed E-state index contributed by atoms with van der Waals surface area (Å²) < 4.78 is 13.0. The van der Waals surface area contributed by atoms with Crippen molar-refractivity contribution < 1.29 is 9.50 Å². The molecule has 2 nitrogen and oxygen atoms in total. The van der Waals surface area contributed by atoms with Gasteiger partial charge in [-0.25, -0.2) is 9.37 Å². The molecule has 0 atom stereocenters. The number of aliphatic hydroxyl groups excluding tert-OH is 1. The van der Waals surface area contributed by atoms with E-state index in [1.807, 2.05) is 0 Å². The van der Waals surface area contributed by atoms with Crippen molar-refractivity contribution in [1.29, 1.82) is 0 Å². The molecule has 1 aromatic rings. The zero-order valence-corrected chi connectivity index (χ0v) is 7.48. The molecular formula is C9H7ClFNO. The smallest absolute Gasteiger partial charge is 0.158 e. The summed E-state index contributed by atoms with van der Waals surface area (Å²) >= 11 is 5.49. The van der Waals surface area contributed by atoms with Crippen LogP contribution in [0.4, 0.5) is 4.39 Å². The zero-order chi connectivity index (χ0) is 9.68. The van der Waals surface area contributed by atoms with Crippen molar-refractivity contribution >= 4 is 11.6 Å². The quantitative estimate of drug-likeness (QED) is 0.698. The highest BCUT2D eigenvalue weighted by molar-refractivity contribution is 6.30. The average molecular weight is 200 g/mol. The molecule has 0 unspecified atom stereocenters. The Hall–Kier alpha value is -1.11. The van der Waals surface area contributed by atoms with Crippen LogP contribution in [0.15, 0.2) is 12.3 Å². The van der Waals surface area contributed by atoms with Crippen LogP contribution in [-0.4, -0.2) is 16.7 Å². The second-order valence-electron chi connectivity index (χ2n) is 2.26. The van der Waals surface area contributed by atoms with Gasteiger partial charge in [-0.3, -0.25) is 0 Å². The van der Waals surface area contributed by atoms with Gasteiger partial charge in [-0.05, 0) is 12.0 Å². The maximum atomic E-state index is 13.0. The van der Waals surface area contributed by atoms with Crippen molar-refractivity contribution in [2.45, 2.75) is 6.42 Å². The Morgan fingerprint density at radius 3 is 3.00 bits per heavy atom. The van der Waals surface area contributed by atoms with Gasteiger partial charge in [0.2, 0.25) is 0 Å². The fraction of sp³-hybridized carbons (Fsp3) is 0.222. The second kappa shape index (κ2) is 4.80. The minimum atomic E-state index is -0.544. The van der Waals surface area contributed by atoms with Gasteiger partial charge in [0.15, 0.2) is 5.82 Å². The standard InChI is InChI=1S/C9H7ClFNO/c10-7-5-8(11)9(12-6-7)3-1-2-4-13/h5-6,13H,2,4H2. The second-order valence-corrected chi connectivity index (χ2v) is 2.70. The van der Waals surface area contributed by atoms with Gasteiger partial charge in [-0.1, -0.05) is 17.5 Å². The lowest BCUT2D eigenvalue weighted by molar-refractivity contribution is 0.305. The van der Waals surface area contributed by atoms with Crippen LogP contribution in [0.2, 0.25) is 5.02 Å². The molecule has 0 saturated heterocycles. The van der Waals surface area contributed by atoms with E-state index in [9.17, 15) is 4.39 Å². The fourth-order valence-electron chi connectivity index (χ4n) is 0.709. The van der Waals surface area contributed by atoms with E-state index in [0.29, 0.717) is 6.42 Å². The number of hydrogen-bond acceptors (Lipinski definition) is 2. The lowest BCUT2D eigenvalue weighted by atomic mass is 10.3. The van der Waals surface area contributed by atoms with E-state index in [0.717, 1.165) is 6.07 Å². The Morgan fingerprint density at radius 1 is 1.62 bits per heavy atom. The number of aromatic nitrogens is 1. The molecule has 1 aromatic heterocycles. The van der Waals surface area contributed by atoms with Crippen LogP contribution in [0, 0.1) is 17.7 Å². The van der Waals surface area contributed by atoms with Crippen LogP contribution in [0.5, 0.6) is 0 Å². The summed E-state index contributed by atoms with van der Waals surface area (Å²) in [4.78, 5) is 3.69. The summed E-state index contributed by atoms with van der Waals surface area (Å²) in [5.41, 5.74) is 0.0536. The minimum absolute atomic E-state index is 0.0395. The van der Waals surface area contributed by atoms with E-state index in [-0.39, 0.29) is 17.3 Å². The lowest BCUT2D eigenvalue weighted by Gasteiger charge is -1.92. The van der Waals surface area contributed by atoms with E-state index in [1.165, 1.54) is 6.20 Å². The van der Waals surface area contributed by atoms with E-state index < -0.39 is 5.82 Å². The Kier molecular flexibility index (Phi) is 3.69. The van der Waals surface area contributed by atoms with E-state index in [4.69, 9.17) is 16.7 Å². The van der Waals surface area contributed by atoms with Gasteiger partial charge >= 0.3 is 0 Å². The molecule has 0 amide bonds. The van der Waals surface area contributed by atoms with E-state index >= 15 is 0 Å². The Labute approximate surface area is 80.4 Å².